The summed E-state index contributed by atoms with van der Waals surface area (Å²) >= 11 is 0. The van der Waals surface area contributed by atoms with Gasteiger partial charge in [-0.2, -0.15) is 0 Å². The molecule has 9 heavy (non-hydrogen) atoms. The first-order valence-corrected chi connectivity index (χ1v) is 1.75. The lowest BCUT2D eigenvalue weighted by atomic mass is 11.0. The Hall–Kier alpha value is -0.280. The number of aliphatic hydroxyl groups is 6. The highest BCUT2D eigenvalue weighted by atomic mass is 17.0. The molecule has 7 heteroatoms. The molecule has 0 aliphatic carbocycles. The molecule has 0 amide bonds. The topological polar surface area (TPSA) is 131 Å². The van der Waals surface area contributed by atoms with Gasteiger partial charge in [0.1, 0.15) is 0 Å². The minimum atomic E-state index is -3.77. The number of ether oxygens (including phenoxy) is 1. The fourth-order valence-corrected chi connectivity index (χ4v) is 0.184. The van der Waals surface area contributed by atoms with Crippen molar-refractivity contribution in [3.05, 3.63) is 0 Å². The Kier molecular flexibility index (Phi) is 2.09. The van der Waals surface area contributed by atoms with Gasteiger partial charge in [0.05, 0.1) is 0 Å². The summed E-state index contributed by atoms with van der Waals surface area (Å²) in [5.74, 6) is 0. The third kappa shape index (κ3) is 7.72. The normalized spacial score (nSPS) is 14.0. The molecule has 7 nitrogen and oxygen atoms in total. The van der Waals surface area contributed by atoms with Crippen molar-refractivity contribution in [1.82, 2.24) is 0 Å². The van der Waals surface area contributed by atoms with E-state index in [2.05, 4.69) is 4.74 Å². The Bertz CT molecular complexity index is 72.1. The molecular formula is C2H6O7. The molecule has 0 aromatic heterocycles. The average Bonchev–Trinajstić information content (AvgIpc) is 1.14. The van der Waals surface area contributed by atoms with Gasteiger partial charge in [-0.05, 0) is 0 Å². The molecule has 0 rings (SSSR count). The molecule has 56 valence electrons. The molecule has 0 spiro atoms. The Labute approximate surface area is 49.0 Å². The zero-order chi connectivity index (χ0) is 7.71. The van der Waals surface area contributed by atoms with Gasteiger partial charge in [0.15, 0.2) is 0 Å². The number of hydrogen-bond donors (Lipinski definition) is 6. The van der Waals surface area contributed by atoms with E-state index in [0.717, 1.165) is 0 Å². The van der Waals surface area contributed by atoms with E-state index in [1.54, 1.807) is 0 Å². The molecular weight excluding hydrogens is 136 g/mol. The molecule has 0 heterocycles. The van der Waals surface area contributed by atoms with Crippen molar-refractivity contribution in [1.29, 1.82) is 0 Å². The molecule has 0 aromatic carbocycles. The van der Waals surface area contributed by atoms with E-state index < -0.39 is 12.3 Å². The molecule has 0 aliphatic heterocycles. The fourth-order valence-electron chi connectivity index (χ4n) is 0.184. The average molecular weight is 142 g/mol. The number of rotatable bonds is 2. The van der Waals surface area contributed by atoms with Crippen LogP contribution in [0, 0.1) is 0 Å². The maximum atomic E-state index is 7.76. The first-order chi connectivity index (χ1) is 3.71. The first-order valence-electron chi connectivity index (χ1n) is 1.75. The van der Waals surface area contributed by atoms with E-state index in [1.165, 1.54) is 0 Å². The zero-order valence-corrected chi connectivity index (χ0v) is 4.09. The summed E-state index contributed by atoms with van der Waals surface area (Å²) in [5.41, 5.74) is 0. The van der Waals surface area contributed by atoms with Crippen LogP contribution in [-0.4, -0.2) is 43.0 Å². The van der Waals surface area contributed by atoms with Gasteiger partial charge in [-0.15, -0.1) is 0 Å². The summed E-state index contributed by atoms with van der Waals surface area (Å²) < 4.78 is 2.96. The minimum absolute atomic E-state index is 2.96. The van der Waals surface area contributed by atoms with Crippen LogP contribution >= 0.6 is 0 Å². The van der Waals surface area contributed by atoms with Gasteiger partial charge in [0.25, 0.3) is 0 Å². The molecule has 0 atom stereocenters. The van der Waals surface area contributed by atoms with E-state index in [1.807, 2.05) is 0 Å². The minimum Gasteiger partial charge on any atom is -0.319 e. The predicted octanol–water partition coefficient (Wildman–Crippen LogP) is -3.82. The molecule has 0 aromatic rings. The lowest BCUT2D eigenvalue weighted by Crippen LogP contribution is -2.44. The van der Waals surface area contributed by atoms with Crippen LogP contribution in [0.1, 0.15) is 0 Å². The van der Waals surface area contributed by atoms with Gasteiger partial charge >= 0.3 is 12.3 Å². The van der Waals surface area contributed by atoms with Crippen molar-refractivity contribution in [2.75, 3.05) is 0 Å². The Morgan fingerprint density at radius 1 is 0.667 bits per heavy atom. The standard InChI is InChI=1S/C2H6O7/c3-1(4,5)9-2(6,7)8/h3-8H. The second kappa shape index (κ2) is 2.15. The van der Waals surface area contributed by atoms with E-state index in [9.17, 15) is 0 Å². The molecule has 0 bridgehead atoms. The molecule has 0 unspecified atom stereocenters. The van der Waals surface area contributed by atoms with Crippen molar-refractivity contribution in [2.45, 2.75) is 12.3 Å². The smallest absolute Gasteiger partial charge is 0.319 e. The van der Waals surface area contributed by atoms with Crippen molar-refractivity contribution in [2.24, 2.45) is 0 Å². The van der Waals surface area contributed by atoms with Gasteiger partial charge in [-0.25, -0.2) is 4.74 Å². The SMILES string of the molecule is OC(O)(O)OC(O)(O)O. The van der Waals surface area contributed by atoms with Gasteiger partial charge in [0, 0.05) is 0 Å². The second-order valence-electron chi connectivity index (χ2n) is 1.25. The fraction of sp³-hybridized carbons (Fsp3) is 1.00. The maximum absolute atomic E-state index is 7.76. The molecule has 6 N–H and O–H groups in total. The quantitative estimate of drug-likeness (QED) is 0.218. The third-order valence-electron chi connectivity index (χ3n) is 0.274. The van der Waals surface area contributed by atoms with Crippen molar-refractivity contribution < 1.29 is 35.4 Å². The van der Waals surface area contributed by atoms with Gasteiger partial charge < -0.3 is 30.6 Å². The molecule has 0 radical (unpaired) electrons. The highest BCUT2D eigenvalue weighted by Gasteiger charge is 2.33. The molecule has 0 saturated heterocycles. The van der Waals surface area contributed by atoms with E-state index in [4.69, 9.17) is 30.6 Å². The molecule has 0 fully saturated rings. The van der Waals surface area contributed by atoms with Crippen LogP contribution in [0.25, 0.3) is 0 Å². The molecule has 0 saturated carbocycles. The number of hydrogen-bond acceptors (Lipinski definition) is 7. The summed E-state index contributed by atoms with van der Waals surface area (Å²) in [6.45, 7) is 0. The van der Waals surface area contributed by atoms with Gasteiger partial charge in [-0.3, -0.25) is 0 Å². The van der Waals surface area contributed by atoms with E-state index >= 15 is 0 Å². The van der Waals surface area contributed by atoms with Crippen LogP contribution in [0.2, 0.25) is 0 Å². The highest BCUT2D eigenvalue weighted by Crippen LogP contribution is 2.04. The lowest BCUT2D eigenvalue weighted by Gasteiger charge is -2.20. The summed E-state index contributed by atoms with van der Waals surface area (Å²) in [6.07, 6.45) is -7.53. The summed E-state index contributed by atoms with van der Waals surface area (Å²) in [4.78, 5) is 0. The van der Waals surface area contributed by atoms with Crippen LogP contribution in [0.5, 0.6) is 0 Å². The van der Waals surface area contributed by atoms with Crippen molar-refractivity contribution in [3.63, 3.8) is 0 Å². The lowest BCUT2D eigenvalue weighted by molar-refractivity contribution is -0.586. The van der Waals surface area contributed by atoms with Crippen molar-refractivity contribution >= 4 is 0 Å². The van der Waals surface area contributed by atoms with Gasteiger partial charge in [0.2, 0.25) is 0 Å². The van der Waals surface area contributed by atoms with E-state index in [0.29, 0.717) is 0 Å². The summed E-state index contributed by atoms with van der Waals surface area (Å²) in [5, 5.41) is 46.6. The first kappa shape index (κ1) is 8.72. The van der Waals surface area contributed by atoms with Crippen LogP contribution in [0.3, 0.4) is 0 Å². The summed E-state index contributed by atoms with van der Waals surface area (Å²) in [6, 6.07) is 0. The predicted molar refractivity (Wildman–Crippen MR) is 19.9 cm³/mol. The second-order valence-corrected chi connectivity index (χ2v) is 1.25. The molecule has 0 aliphatic rings. The van der Waals surface area contributed by atoms with Crippen LogP contribution < -0.4 is 0 Å². The van der Waals surface area contributed by atoms with Gasteiger partial charge in [-0.1, -0.05) is 0 Å². The monoisotopic (exact) mass is 142 g/mol. The van der Waals surface area contributed by atoms with Crippen LogP contribution in [-0.2, 0) is 4.74 Å². The van der Waals surface area contributed by atoms with E-state index in [-0.39, 0.29) is 0 Å². The third-order valence-corrected chi connectivity index (χ3v) is 0.274. The zero-order valence-electron chi connectivity index (χ0n) is 4.09. The summed E-state index contributed by atoms with van der Waals surface area (Å²) in [7, 11) is 0. The Morgan fingerprint density at radius 2 is 0.889 bits per heavy atom. The maximum Gasteiger partial charge on any atom is 0.411 e. The highest BCUT2D eigenvalue weighted by molar-refractivity contribution is 4.25. The van der Waals surface area contributed by atoms with Crippen LogP contribution in [0.4, 0.5) is 0 Å². The largest absolute Gasteiger partial charge is 0.411 e. The van der Waals surface area contributed by atoms with Crippen molar-refractivity contribution in [3.8, 4) is 0 Å². The Morgan fingerprint density at radius 3 is 0.889 bits per heavy atom. The Balaban J connectivity index is 3.75. The van der Waals surface area contributed by atoms with Crippen LogP contribution in [0.15, 0.2) is 0 Å².